The Balaban J connectivity index is 1.76. The van der Waals surface area contributed by atoms with Crippen LogP contribution in [0.25, 0.3) is 11.5 Å². The number of rotatable bonds is 7. The van der Waals surface area contributed by atoms with Crippen LogP contribution in [0.3, 0.4) is 0 Å². The van der Waals surface area contributed by atoms with Gasteiger partial charge in [0.2, 0.25) is 0 Å². The molecular formula is C26H23ClF2N4O5. The maximum absolute atomic E-state index is 13.9. The van der Waals surface area contributed by atoms with E-state index in [2.05, 4.69) is 9.97 Å². The fourth-order valence-corrected chi connectivity index (χ4v) is 4.27. The van der Waals surface area contributed by atoms with Gasteiger partial charge in [0.1, 0.15) is 29.7 Å². The van der Waals surface area contributed by atoms with Crippen molar-refractivity contribution in [3.05, 3.63) is 103 Å². The summed E-state index contributed by atoms with van der Waals surface area (Å²) < 4.78 is 40.4. The zero-order valence-electron chi connectivity index (χ0n) is 20.8. The molecule has 0 radical (unpaired) electrons. The summed E-state index contributed by atoms with van der Waals surface area (Å²) in [5.41, 5.74) is -2.02. The van der Waals surface area contributed by atoms with Crippen LogP contribution in [-0.2, 0) is 12.2 Å². The minimum absolute atomic E-state index is 0.0113. The number of hydrogen-bond acceptors (Lipinski definition) is 7. The normalized spacial score (nSPS) is 11.5. The minimum Gasteiger partial charge on any atom is -0.493 e. The molecule has 0 saturated heterocycles. The lowest BCUT2D eigenvalue weighted by molar-refractivity contribution is 0.0769. The second-order valence-corrected chi connectivity index (χ2v) is 9.27. The minimum atomic E-state index is -1.51. The molecule has 0 amide bonds. The van der Waals surface area contributed by atoms with Gasteiger partial charge in [-0.05, 0) is 26.8 Å². The Labute approximate surface area is 220 Å². The van der Waals surface area contributed by atoms with Crippen LogP contribution < -0.4 is 20.6 Å². The summed E-state index contributed by atoms with van der Waals surface area (Å²) in [4.78, 5) is 34.2. The largest absolute Gasteiger partial charge is 0.493 e. The summed E-state index contributed by atoms with van der Waals surface area (Å²) in [7, 11) is 1.41. The van der Waals surface area contributed by atoms with Crippen LogP contribution >= 0.6 is 11.6 Å². The molecule has 12 heteroatoms. The molecule has 0 aliphatic heterocycles. The highest BCUT2D eigenvalue weighted by Crippen LogP contribution is 2.27. The lowest BCUT2D eigenvalue weighted by atomic mass is 10.00. The molecule has 0 saturated carbocycles. The number of halogens is 3. The summed E-state index contributed by atoms with van der Waals surface area (Å²) in [6.07, 6.45) is 3.64. The van der Waals surface area contributed by atoms with Crippen molar-refractivity contribution in [2.24, 2.45) is 0 Å². The van der Waals surface area contributed by atoms with Gasteiger partial charge in [0.05, 0.1) is 41.4 Å². The molecule has 0 spiro atoms. The second-order valence-electron chi connectivity index (χ2n) is 8.86. The Morgan fingerprint density at radius 2 is 1.84 bits per heavy atom. The molecule has 0 atom stereocenters. The molecule has 4 aromatic heterocycles. The first-order valence-corrected chi connectivity index (χ1v) is 11.6. The zero-order chi connectivity index (χ0) is 27.8. The Morgan fingerprint density at radius 1 is 1.11 bits per heavy atom. The van der Waals surface area contributed by atoms with E-state index in [9.17, 15) is 23.5 Å². The molecule has 0 aliphatic carbocycles. The molecule has 4 aromatic rings. The third-order valence-electron chi connectivity index (χ3n) is 5.64. The van der Waals surface area contributed by atoms with E-state index >= 15 is 0 Å². The molecule has 0 fully saturated rings. The first-order valence-electron chi connectivity index (χ1n) is 11.3. The second kappa shape index (κ2) is 10.3. The van der Waals surface area contributed by atoms with Crippen LogP contribution in [0.5, 0.6) is 11.5 Å². The Morgan fingerprint density at radius 3 is 2.47 bits per heavy atom. The van der Waals surface area contributed by atoms with Gasteiger partial charge in [-0.2, -0.15) is 0 Å². The lowest BCUT2D eigenvalue weighted by Crippen LogP contribution is -2.32. The van der Waals surface area contributed by atoms with Gasteiger partial charge in [0.25, 0.3) is 11.1 Å². The third-order valence-corrected chi connectivity index (χ3v) is 5.96. The summed E-state index contributed by atoms with van der Waals surface area (Å²) in [6, 6.07) is 6.37. The van der Waals surface area contributed by atoms with Crippen LogP contribution in [0, 0.1) is 18.6 Å². The van der Waals surface area contributed by atoms with E-state index in [1.54, 1.807) is 13.0 Å². The van der Waals surface area contributed by atoms with Gasteiger partial charge in [-0.1, -0.05) is 11.6 Å². The maximum atomic E-state index is 13.9. The average molecular weight is 545 g/mol. The third kappa shape index (κ3) is 5.29. The van der Waals surface area contributed by atoms with Crippen molar-refractivity contribution in [2.45, 2.75) is 33.0 Å². The zero-order valence-corrected chi connectivity index (χ0v) is 21.6. The molecular weight excluding hydrogens is 522 g/mol. The number of aryl methyl sites for hydroxylation is 1. The molecule has 38 heavy (non-hydrogen) atoms. The van der Waals surface area contributed by atoms with Crippen molar-refractivity contribution < 1.29 is 23.4 Å². The SMILES string of the molecule is COc1cnc(-n2ccc(Cl)c(C(C)(C)O)c2=O)cc1-n1c(C)cc(OCc2ncc(F)cc2F)cc1=O. The van der Waals surface area contributed by atoms with Crippen molar-refractivity contribution in [1.29, 1.82) is 0 Å². The Kier molecular flexibility index (Phi) is 7.34. The number of hydrogen-bond donors (Lipinski definition) is 1. The van der Waals surface area contributed by atoms with Gasteiger partial charge >= 0.3 is 0 Å². The highest BCUT2D eigenvalue weighted by molar-refractivity contribution is 6.31. The van der Waals surface area contributed by atoms with E-state index in [0.29, 0.717) is 11.8 Å². The standard InChI is InChI=1S/C26H23ClF2N4O5/c1-14-7-16(38-13-19-18(29)8-15(28)11-30-19)9-23(34)33(14)20-10-22(31-12-21(20)37-4)32-6-5-17(27)24(25(32)35)26(2,3)36/h5-12,36H,13H2,1-4H3. The van der Waals surface area contributed by atoms with E-state index < -0.39 is 28.4 Å². The number of aromatic nitrogens is 4. The van der Waals surface area contributed by atoms with Crippen LogP contribution in [0.15, 0.2) is 58.5 Å². The summed E-state index contributed by atoms with van der Waals surface area (Å²) in [5, 5.41) is 10.5. The number of nitrogens with zero attached hydrogens (tertiary/aromatic N) is 4. The molecule has 0 bridgehead atoms. The molecule has 0 unspecified atom stereocenters. The molecule has 0 aromatic carbocycles. The molecule has 0 aliphatic rings. The summed E-state index contributed by atoms with van der Waals surface area (Å²) in [5.74, 6) is -1.14. The van der Waals surface area contributed by atoms with Gasteiger partial charge in [0.15, 0.2) is 11.6 Å². The van der Waals surface area contributed by atoms with Gasteiger partial charge in [-0.3, -0.25) is 23.7 Å². The summed E-state index contributed by atoms with van der Waals surface area (Å²) in [6.45, 7) is 4.21. The van der Waals surface area contributed by atoms with Crippen LogP contribution in [0.1, 0.15) is 30.8 Å². The van der Waals surface area contributed by atoms with E-state index in [1.807, 2.05) is 0 Å². The molecule has 4 rings (SSSR count). The number of aliphatic hydroxyl groups is 1. The topological polar surface area (TPSA) is 108 Å². The van der Waals surface area contributed by atoms with Crippen molar-refractivity contribution in [3.63, 3.8) is 0 Å². The quantitative estimate of drug-likeness (QED) is 0.376. The van der Waals surface area contributed by atoms with Crippen molar-refractivity contribution >= 4 is 11.6 Å². The number of ether oxygens (including phenoxy) is 2. The molecule has 9 nitrogen and oxygen atoms in total. The number of methoxy groups -OCH3 is 1. The first kappa shape index (κ1) is 27.0. The highest BCUT2D eigenvalue weighted by atomic mass is 35.5. The Hall–Kier alpha value is -4.09. The van der Waals surface area contributed by atoms with Crippen molar-refractivity contribution in [2.75, 3.05) is 7.11 Å². The fraction of sp³-hybridized carbons (Fsp3) is 0.231. The monoisotopic (exact) mass is 544 g/mol. The van der Waals surface area contributed by atoms with Crippen LogP contribution in [-0.4, -0.2) is 31.3 Å². The molecule has 1 N–H and O–H groups in total. The van der Waals surface area contributed by atoms with E-state index in [-0.39, 0.29) is 45.9 Å². The predicted molar refractivity (Wildman–Crippen MR) is 135 cm³/mol. The predicted octanol–water partition coefficient (Wildman–Crippen LogP) is 3.83. The average Bonchev–Trinajstić information content (AvgIpc) is 2.82. The van der Waals surface area contributed by atoms with Crippen LogP contribution in [0.2, 0.25) is 5.02 Å². The van der Waals surface area contributed by atoms with Crippen molar-refractivity contribution in [1.82, 2.24) is 19.1 Å². The van der Waals surface area contributed by atoms with E-state index in [0.717, 1.165) is 6.20 Å². The fourth-order valence-electron chi connectivity index (χ4n) is 3.90. The lowest BCUT2D eigenvalue weighted by Gasteiger charge is -2.20. The van der Waals surface area contributed by atoms with Gasteiger partial charge < -0.3 is 14.6 Å². The van der Waals surface area contributed by atoms with Crippen LogP contribution in [0.4, 0.5) is 8.78 Å². The maximum Gasteiger partial charge on any atom is 0.263 e. The van der Waals surface area contributed by atoms with Gasteiger partial charge in [0, 0.05) is 36.2 Å². The van der Waals surface area contributed by atoms with E-state index in [1.165, 1.54) is 60.7 Å². The molecule has 198 valence electrons. The van der Waals surface area contributed by atoms with E-state index in [4.69, 9.17) is 21.1 Å². The number of pyridine rings is 4. The smallest absolute Gasteiger partial charge is 0.263 e. The first-order chi connectivity index (χ1) is 17.9. The van der Waals surface area contributed by atoms with Gasteiger partial charge in [-0.15, -0.1) is 0 Å². The highest BCUT2D eigenvalue weighted by Gasteiger charge is 2.25. The Bertz CT molecular complexity index is 1650. The van der Waals surface area contributed by atoms with Gasteiger partial charge in [-0.25, -0.2) is 13.8 Å². The van der Waals surface area contributed by atoms with Crippen molar-refractivity contribution in [3.8, 4) is 23.0 Å². The summed E-state index contributed by atoms with van der Waals surface area (Å²) >= 11 is 6.17. The molecule has 4 heterocycles.